The van der Waals surface area contributed by atoms with Crippen molar-refractivity contribution in [3.05, 3.63) is 59.7 Å². The Morgan fingerprint density at radius 3 is 2.61 bits per heavy atom. The third-order valence-electron chi connectivity index (χ3n) is 3.78. The van der Waals surface area contributed by atoms with E-state index in [0.717, 1.165) is 16.8 Å². The van der Waals surface area contributed by atoms with Crippen LogP contribution in [0.25, 0.3) is 0 Å². The minimum absolute atomic E-state index is 0.00584. The van der Waals surface area contributed by atoms with Crippen LogP contribution in [0, 0.1) is 0 Å². The van der Waals surface area contributed by atoms with Crippen molar-refractivity contribution >= 4 is 27.3 Å². The van der Waals surface area contributed by atoms with Gasteiger partial charge in [-0.3, -0.25) is 9.52 Å². The molecule has 0 aliphatic carbocycles. The van der Waals surface area contributed by atoms with Crippen LogP contribution in [0.1, 0.15) is 17.5 Å². The first-order chi connectivity index (χ1) is 11.0. The zero-order valence-electron chi connectivity index (χ0n) is 12.6. The number of hydrogen-bond donors (Lipinski definition) is 2. The maximum absolute atomic E-state index is 12.2. The number of sulfonamides is 1. The molecule has 6 heteroatoms. The Balaban J connectivity index is 1.67. The molecule has 0 radical (unpaired) electrons. The van der Waals surface area contributed by atoms with E-state index in [4.69, 9.17) is 0 Å². The first kappa shape index (κ1) is 15.6. The van der Waals surface area contributed by atoms with Gasteiger partial charge >= 0.3 is 0 Å². The lowest BCUT2D eigenvalue weighted by molar-refractivity contribution is -0.116. The number of benzene rings is 2. The highest BCUT2D eigenvalue weighted by atomic mass is 32.2. The summed E-state index contributed by atoms with van der Waals surface area (Å²) in [4.78, 5) is 11.3. The number of carbonyl (C=O) groups excluding carboxylic acids is 1. The van der Waals surface area contributed by atoms with Crippen LogP contribution in [0.3, 0.4) is 0 Å². The van der Waals surface area contributed by atoms with E-state index in [9.17, 15) is 13.2 Å². The fourth-order valence-electron chi connectivity index (χ4n) is 2.57. The summed E-state index contributed by atoms with van der Waals surface area (Å²) in [6.45, 7) is 0. The number of carbonyl (C=O) groups is 1. The lowest BCUT2D eigenvalue weighted by Gasteiger charge is -2.18. The summed E-state index contributed by atoms with van der Waals surface area (Å²) in [5, 5.41) is 2.78. The van der Waals surface area contributed by atoms with Crippen LogP contribution in [0.15, 0.2) is 48.5 Å². The van der Waals surface area contributed by atoms with Crippen molar-refractivity contribution in [1.29, 1.82) is 0 Å². The summed E-state index contributed by atoms with van der Waals surface area (Å²) in [6.07, 6.45) is 1.52. The molecule has 1 heterocycles. The Kier molecular flexibility index (Phi) is 4.34. The highest BCUT2D eigenvalue weighted by Gasteiger charge is 2.16. The maximum Gasteiger partial charge on any atom is 0.233 e. The average Bonchev–Trinajstić information content (AvgIpc) is 2.54. The first-order valence-electron chi connectivity index (χ1n) is 7.49. The van der Waals surface area contributed by atoms with Crippen LogP contribution in [0.2, 0.25) is 0 Å². The van der Waals surface area contributed by atoms with E-state index in [1.54, 1.807) is 18.2 Å². The summed E-state index contributed by atoms with van der Waals surface area (Å²) in [5.74, 6) is 0.0267. The number of amides is 1. The zero-order valence-corrected chi connectivity index (χ0v) is 13.4. The molecule has 0 unspecified atom stereocenters. The molecule has 23 heavy (non-hydrogen) atoms. The molecule has 1 amide bonds. The Hall–Kier alpha value is -2.34. The van der Waals surface area contributed by atoms with Crippen molar-refractivity contribution in [1.82, 2.24) is 0 Å². The second-order valence-corrected chi connectivity index (χ2v) is 7.42. The summed E-state index contributed by atoms with van der Waals surface area (Å²) in [7, 11) is -3.41. The van der Waals surface area contributed by atoms with Crippen LogP contribution < -0.4 is 10.0 Å². The van der Waals surface area contributed by atoms with Crippen molar-refractivity contribution < 1.29 is 13.2 Å². The number of hydrogen-bond acceptors (Lipinski definition) is 3. The van der Waals surface area contributed by atoms with Gasteiger partial charge in [-0.25, -0.2) is 8.42 Å². The molecule has 1 aliphatic heterocycles. The molecule has 2 aromatic carbocycles. The number of rotatable bonds is 5. The Morgan fingerprint density at radius 2 is 1.83 bits per heavy atom. The minimum Gasteiger partial charge on any atom is -0.326 e. The minimum atomic E-state index is -3.41. The van der Waals surface area contributed by atoms with E-state index in [0.29, 0.717) is 24.9 Å². The molecule has 5 nitrogen and oxygen atoms in total. The SMILES string of the molecule is O=C1CCc2cc(NS(=O)(=O)CCc3ccccc3)ccc2N1. The van der Waals surface area contributed by atoms with Gasteiger partial charge in [-0.15, -0.1) is 0 Å². The molecule has 3 rings (SSSR count). The van der Waals surface area contributed by atoms with E-state index >= 15 is 0 Å². The summed E-state index contributed by atoms with van der Waals surface area (Å²) in [5.41, 5.74) is 3.24. The first-order valence-corrected chi connectivity index (χ1v) is 9.14. The topological polar surface area (TPSA) is 75.3 Å². The summed E-state index contributed by atoms with van der Waals surface area (Å²) in [6, 6.07) is 14.7. The molecule has 0 saturated heterocycles. The second kappa shape index (κ2) is 6.42. The van der Waals surface area contributed by atoms with Gasteiger partial charge in [0.25, 0.3) is 0 Å². The predicted octanol–water partition coefficient (Wildman–Crippen LogP) is 2.56. The standard InChI is InChI=1S/C17H18N2O3S/c20-17-9-6-14-12-15(7-8-16(14)18-17)19-23(21,22)11-10-13-4-2-1-3-5-13/h1-5,7-8,12,19H,6,9-11H2,(H,18,20). The molecule has 0 bridgehead atoms. The highest BCUT2D eigenvalue weighted by Crippen LogP contribution is 2.26. The van der Waals surface area contributed by atoms with Gasteiger partial charge in [0.05, 0.1) is 5.75 Å². The molecule has 0 atom stereocenters. The predicted molar refractivity (Wildman–Crippen MR) is 90.9 cm³/mol. The van der Waals surface area contributed by atoms with E-state index in [1.807, 2.05) is 30.3 Å². The molecule has 0 aromatic heterocycles. The number of aryl methyl sites for hydroxylation is 2. The lowest BCUT2D eigenvalue weighted by atomic mass is 10.0. The van der Waals surface area contributed by atoms with Crippen molar-refractivity contribution in [3.8, 4) is 0 Å². The van der Waals surface area contributed by atoms with Gasteiger partial charge in [0.2, 0.25) is 15.9 Å². The normalized spacial score (nSPS) is 14.0. The third kappa shape index (κ3) is 4.10. The molecule has 0 spiro atoms. The lowest BCUT2D eigenvalue weighted by Crippen LogP contribution is -2.20. The van der Waals surface area contributed by atoms with E-state index < -0.39 is 10.0 Å². The van der Waals surface area contributed by atoms with Gasteiger partial charge in [-0.1, -0.05) is 30.3 Å². The number of nitrogens with one attached hydrogen (secondary N) is 2. The highest BCUT2D eigenvalue weighted by molar-refractivity contribution is 7.92. The second-order valence-electron chi connectivity index (χ2n) is 5.58. The molecular formula is C17H18N2O3S. The Bertz CT molecular complexity index is 817. The Morgan fingerprint density at radius 1 is 1.04 bits per heavy atom. The van der Waals surface area contributed by atoms with Gasteiger partial charge in [-0.05, 0) is 42.2 Å². The van der Waals surface area contributed by atoms with Gasteiger partial charge in [-0.2, -0.15) is 0 Å². The summed E-state index contributed by atoms with van der Waals surface area (Å²) >= 11 is 0. The van der Waals surface area contributed by atoms with Crippen molar-refractivity contribution in [2.75, 3.05) is 15.8 Å². The van der Waals surface area contributed by atoms with Crippen molar-refractivity contribution in [3.63, 3.8) is 0 Å². The van der Waals surface area contributed by atoms with E-state index in [2.05, 4.69) is 10.0 Å². The quantitative estimate of drug-likeness (QED) is 0.885. The van der Waals surface area contributed by atoms with Crippen molar-refractivity contribution in [2.24, 2.45) is 0 Å². The molecule has 2 aromatic rings. The van der Waals surface area contributed by atoms with E-state index in [1.165, 1.54) is 0 Å². The third-order valence-corrected chi connectivity index (χ3v) is 5.06. The molecule has 2 N–H and O–H groups in total. The van der Waals surface area contributed by atoms with Crippen LogP contribution in [-0.4, -0.2) is 20.1 Å². The molecular weight excluding hydrogens is 312 g/mol. The smallest absolute Gasteiger partial charge is 0.233 e. The van der Waals surface area contributed by atoms with Crippen LogP contribution in [0.5, 0.6) is 0 Å². The van der Waals surface area contributed by atoms with Gasteiger partial charge in [0, 0.05) is 17.8 Å². The molecule has 120 valence electrons. The fourth-order valence-corrected chi connectivity index (χ4v) is 3.67. The van der Waals surface area contributed by atoms with Crippen LogP contribution in [0.4, 0.5) is 11.4 Å². The molecule has 1 aliphatic rings. The van der Waals surface area contributed by atoms with Crippen molar-refractivity contribution in [2.45, 2.75) is 19.3 Å². The van der Waals surface area contributed by atoms with Gasteiger partial charge in [0.1, 0.15) is 0 Å². The monoisotopic (exact) mass is 330 g/mol. The number of fused-ring (bicyclic) bond motifs is 1. The largest absolute Gasteiger partial charge is 0.326 e. The van der Waals surface area contributed by atoms with Crippen LogP contribution >= 0.6 is 0 Å². The van der Waals surface area contributed by atoms with Gasteiger partial charge in [0.15, 0.2) is 0 Å². The van der Waals surface area contributed by atoms with Crippen LogP contribution in [-0.2, 0) is 27.7 Å². The zero-order chi connectivity index (χ0) is 16.3. The van der Waals surface area contributed by atoms with E-state index in [-0.39, 0.29) is 11.7 Å². The fraction of sp³-hybridized carbons (Fsp3) is 0.235. The Labute approximate surface area is 135 Å². The summed E-state index contributed by atoms with van der Waals surface area (Å²) < 4.78 is 27.0. The average molecular weight is 330 g/mol. The molecule has 0 saturated carbocycles. The maximum atomic E-state index is 12.2. The molecule has 0 fully saturated rings. The van der Waals surface area contributed by atoms with Gasteiger partial charge < -0.3 is 5.32 Å². The number of anilines is 2.